The van der Waals surface area contributed by atoms with Crippen molar-refractivity contribution in [1.82, 2.24) is 3.71 Å². The second-order valence-electron chi connectivity index (χ2n) is 7.73. The summed E-state index contributed by atoms with van der Waals surface area (Å²) >= 11 is 0. The highest BCUT2D eigenvalue weighted by Gasteiger charge is 2.40. The second-order valence-corrected chi connectivity index (χ2v) is 11.6. The van der Waals surface area contributed by atoms with Gasteiger partial charge in [0.1, 0.15) is 0 Å². The predicted molar refractivity (Wildman–Crippen MR) is 123 cm³/mol. The molecule has 7 heteroatoms. The molecule has 0 saturated carbocycles. The van der Waals surface area contributed by atoms with Crippen LogP contribution in [0.2, 0.25) is 0 Å². The number of hydrogen-bond donors (Lipinski definition) is 0. The fourth-order valence-electron chi connectivity index (χ4n) is 3.36. The van der Waals surface area contributed by atoms with Crippen LogP contribution < -0.4 is 0 Å². The average molecular weight is 458 g/mol. The topological polar surface area (TPSA) is 71.5 Å². The molecule has 0 saturated heterocycles. The third-order valence-corrected chi connectivity index (χ3v) is 9.75. The maximum Gasteiger partial charge on any atom is 0.256 e. The Morgan fingerprint density at radius 1 is 0.677 bits per heavy atom. The summed E-state index contributed by atoms with van der Waals surface area (Å²) in [5.41, 5.74) is 2.81. The van der Waals surface area contributed by atoms with E-state index in [4.69, 9.17) is 0 Å². The molecule has 0 unspecified atom stereocenters. The van der Waals surface area contributed by atoms with Gasteiger partial charge in [0.25, 0.3) is 20.0 Å². The molecule has 0 aliphatic rings. The van der Waals surface area contributed by atoms with Crippen LogP contribution in [0.5, 0.6) is 0 Å². The van der Waals surface area contributed by atoms with Crippen molar-refractivity contribution < 1.29 is 16.8 Å². The molecule has 3 rings (SSSR count). The van der Waals surface area contributed by atoms with Crippen molar-refractivity contribution in [2.24, 2.45) is 0 Å². The Balaban J connectivity index is 2.04. The zero-order chi connectivity index (χ0) is 22.6. The van der Waals surface area contributed by atoms with Gasteiger partial charge in [-0.15, -0.1) is 0 Å². The fraction of sp³-hybridized carbons (Fsp3) is 0.250. The van der Waals surface area contributed by atoms with Crippen molar-refractivity contribution in [3.8, 4) is 0 Å². The van der Waals surface area contributed by atoms with E-state index < -0.39 is 26.1 Å². The van der Waals surface area contributed by atoms with Crippen LogP contribution in [0.3, 0.4) is 0 Å². The molecular weight excluding hydrogens is 430 g/mol. The molecule has 0 radical (unpaired) electrons. The van der Waals surface area contributed by atoms with Gasteiger partial charge in [0.15, 0.2) is 0 Å². The van der Waals surface area contributed by atoms with E-state index in [1.807, 2.05) is 44.2 Å². The van der Waals surface area contributed by atoms with Crippen LogP contribution in [0.1, 0.15) is 30.0 Å². The quantitative estimate of drug-likeness (QED) is 0.491. The lowest BCUT2D eigenvalue weighted by Gasteiger charge is -2.28. The lowest BCUT2D eigenvalue weighted by atomic mass is 10.1. The van der Waals surface area contributed by atoms with Crippen LogP contribution in [0, 0.1) is 13.8 Å². The summed E-state index contributed by atoms with van der Waals surface area (Å²) in [5, 5.41) is 0. The van der Waals surface area contributed by atoms with E-state index in [0.29, 0.717) is 16.6 Å². The third kappa shape index (κ3) is 5.23. The van der Waals surface area contributed by atoms with Crippen LogP contribution in [-0.4, -0.2) is 26.6 Å². The van der Waals surface area contributed by atoms with Crippen molar-refractivity contribution in [1.29, 1.82) is 0 Å². The minimum Gasteiger partial charge on any atom is -0.206 e. The minimum atomic E-state index is -4.29. The highest BCUT2D eigenvalue weighted by atomic mass is 32.3. The molecule has 3 aromatic rings. The van der Waals surface area contributed by atoms with Crippen LogP contribution in [0.15, 0.2) is 88.7 Å². The monoisotopic (exact) mass is 457 g/mol. The van der Waals surface area contributed by atoms with Crippen LogP contribution in [0.25, 0.3) is 0 Å². The Kier molecular flexibility index (Phi) is 6.99. The Morgan fingerprint density at radius 3 is 1.52 bits per heavy atom. The normalized spacial score (nSPS) is 13.3. The molecule has 0 N–H and O–H groups in total. The van der Waals surface area contributed by atoms with Gasteiger partial charge in [-0.25, -0.2) is 16.8 Å². The van der Waals surface area contributed by atoms with E-state index in [0.717, 1.165) is 16.7 Å². The molecule has 0 aliphatic carbocycles. The van der Waals surface area contributed by atoms with Gasteiger partial charge in [-0.2, -0.15) is 0 Å². The van der Waals surface area contributed by atoms with Crippen molar-refractivity contribution >= 4 is 20.0 Å². The number of rotatable bonds is 8. The zero-order valence-electron chi connectivity index (χ0n) is 17.9. The molecule has 0 fully saturated rings. The van der Waals surface area contributed by atoms with Crippen molar-refractivity contribution in [2.75, 3.05) is 0 Å². The summed E-state index contributed by atoms with van der Waals surface area (Å²) in [4.78, 5) is -0.0827. The summed E-state index contributed by atoms with van der Waals surface area (Å²) < 4.78 is 54.8. The van der Waals surface area contributed by atoms with Gasteiger partial charge < -0.3 is 0 Å². The van der Waals surface area contributed by atoms with Crippen LogP contribution >= 0.6 is 0 Å². The van der Waals surface area contributed by atoms with Crippen molar-refractivity contribution in [3.63, 3.8) is 0 Å². The number of sulfonamides is 2. The SMILES string of the molecule is Cc1ccc(S(=O)(=O)N([C@H](C)CCc2ccccc2)S(=O)(=O)c2ccc(C)cc2)cc1. The summed E-state index contributed by atoms with van der Waals surface area (Å²) in [7, 11) is -8.58. The van der Waals surface area contributed by atoms with Crippen molar-refractivity contribution in [3.05, 3.63) is 95.6 Å². The van der Waals surface area contributed by atoms with Gasteiger partial charge in [0, 0.05) is 6.04 Å². The summed E-state index contributed by atoms with van der Waals surface area (Å²) in [6.45, 7) is 5.33. The first kappa shape index (κ1) is 23.2. The number of aryl methyl sites for hydroxylation is 3. The first-order chi connectivity index (χ1) is 14.6. The third-order valence-electron chi connectivity index (χ3n) is 5.16. The van der Waals surface area contributed by atoms with Gasteiger partial charge >= 0.3 is 0 Å². The van der Waals surface area contributed by atoms with E-state index in [1.165, 1.54) is 24.3 Å². The molecule has 1 atom stereocenters. The Hall–Kier alpha value is -2.48. The van der Waals surface area contributed by atoms with Crippen LogP contribution in [-0.2, 0) is 26.5 Å². The lowest BCUT2D eigenvalue weighted by molar-refractivity contribution is 0.422. The maximum atomic E-state index is 13.5. The highest BCUT2D eigenvalue weighted by molar-refractivity contribution is 8.04. The molecule has 0 amide bonds. The molecule has 3 aromatic carbocycles. The van der Waals surface area contributed by atoms with Gasteiger partial charge in [0.2, 0.25) is 0 Å². The molecule has 0 bridgehead atoms. The van der Waals surface area contributed by atoms with E-state index in [-0.39, 0.29) is 9.79 Å². The van der Waals surface area contributed by atoms with Gasteiger partial charge in [0.05, 0.1) is 9.79 Å². The first-order valence-electron chi connectivity index (χ1n) is 10.1. The Labute approximate surface area is 185 Å². The molecule has 31 heavy (non-hydrogen) atoms. The number of nitrogens with zero attached hydrogens (tertiary/aromatic N) is 1. The highest BCUT2D eigenvalue weighted by Crippen LogP contribution is 2.29. The molecule has 0 aromatic heterocycles. The second kappa shape index (κ2) is 9.34. The first-order valence-corrected chi connectivity index (χ1v) is 13.0. The Bertz CT molecular complexity index is 1140. The molecule has 0 heterocycles. The molecule has 0 aliphatic heterocycles. The van der Waals surface area contributed by atoms with E-state index >= 15 is 0 Å². The predicted octanol–water partition coefficient (Wildman–Crippen LogP) is 4.70. The summed E-state index contributed by atoms with van der Waals surface area (Å²) in [6.07, 6.45) is 0.922. The summed E-state index contributed by atoms with van der Waals surface area (Å²) in [5.74, 6) is 0. The van der Waals surface area contributed by atoms with Crippen LogP contribution in [0.4, 0.5) is 0 Å². The molecule has 164 valence electrons. The fourth-order valence-corrected chi connectivity index (χ4v) is 7.44. The van der Waals surface area contributed by atoms with E-state index in [1.54, 1.807) is 31.2 Å². The van der Waals surface area contributed by atoms with Gasteiger partial charge in [-0.3, -0.25) is 0 Å². The lowest BCUT2D eigenvalue weighted by Crippen LogP contribution is -2.43. The number of benzene rings is 3. The maximum absolute atomic E-state index is 13.5. The largest absolute Gasteiger partial charge is 0.256 e. The molecule has 0 spiro atoms. The van der Waals surface area contributed by atoms with Gasteiger partial charge in [-0.1, -0.05) is 69.4 Å². The van der Waals surface area contributed by atoms with Gasteiger partial charge in [-0.05, 0) is 63.4 Å². The van der Waals surface area contributed by atoms with Crippen molar-refractivity contribution in [2.45, 2.75) is 49.4 Å². The van der Waals surface area contributed by atoms with E-state index in [9.17, 15) is 16.8 Å². The average Bonchev–Trinajstić information content (AvgIpc) is 2.73. The minimum absolute atomic E-state index is 0.0413. The number of hydrogen-bond acceptors (Lipinski definition) is 4. The summed E-state index contributed by atoms with van der Waals surface area (Å²) in [6, 6.07) is 21.3. The standard InChI is InChI=1S/C24H27NO4S2/c1-19-9-15-23(16-10-19)30(26,27)25(21(3)13-14-22-7-5-4-6-8-22)31(28,29)24-17-11-20(2)12-18-24/h4-12,15-18,21H,13-14H2,1-3H3/t21-/m1/s1. The molecular formula is C24H27NO4S2. The Morgan fingerprint density at radius 2 is 1.10 bits per heavy atom. The zero-order valence-corrected chi connectivity index (χ0v) is 19.5. The molecule has 5 nitrogen and oxygen atoms in total. The van der Waals surface area contributed by atoms with E-state index in [2.05, 4.69) is 0 Å². The smallest absolute Gasteiger partial charge is 0.206 e.